The molecule has 0 amide bonds. The first kappa shape index (κ1) is 17.9. The average molecular weight is 375 g/mol. The second kappa shape index (κ2) is 8.99. The highest BCUT2D eigenvalue weighted by Gasteiger charge is 2.07. The SMILES string of the molecule is CCc1nc(CNCc2ccc(OCc3cccs3)c(OC)c2)cs1. The Labute approximate surface area is 156 Å². The van der Waals surface area contributed by atoms with Crippen LogP contribution in [0, 0.1) is 0 Å². The highest BCUT2D eigenvalue weighted by molar-refractivity contribution is 7.10. The largest absolute Gasteiger partial charge is 0.493 e. The van der Waals surface area contributed by atoms with Crippen molar-refractivity contribution in [1.29, 1.82) is 0 Å². The molecule has 0 radical (unpaired) electrons. The quantitative estimate of drug-likeness (QED) is 0.592. The molecule has 25 heavy (non-hydrogen) atoms. The Morgan fingerprint density at radius 3 is 2.76 bits per heavy atom. The van der Waals surface area contributed by atoms with Crippen molar-refractivity contribution in [3.05, 3.63) is 62.2 Å². The lowest BCUT2D eigenvalue weighted by Crippen LogP contribution is -2.13. The van der Waals surface area contributed by atoms with E-state index in [1.54, 1.807) is 29.8 Å². The molecule has 0 spiro atoms. The monoisotopic (exact) mass is 374 g/mol. The third-order valence-electron chi connectivity index (χ3n) is 3.72. The summed E-state index contributed by atoms with van der Waals surface area (Å²) in [7, 11) is 1.67. The van der Waals surface area contributed by atoms with Crippen LogP contribution in [0.15, 0.2) is 41.1 Å². The van der Waals surface area contributed by atoms with Gasteiger partial charge in [0.05, 0.1) is 17.8 Å². The molecule has 0 saturated carbocycles. The zero-order valence-corrected chi connectivity index (χ0v) is 16.1. The highest BCUT2D eigenvalue weighted by atomic mass is 32.1. The molecule has 1 N–H and O–H groups in total. The van der Waals surface area contributed by atoms with Gasteiger partial charge in [-0.1, -0.05) is 19.1 Å². The average Bonchev–Trinajstić information content (AvgIpc) is 3.32. The summed E-state index contributed by atoms with van der Waals surface area (Å²) in [6, 6.07) is 10.2. The van der Waals surface area contributed by atoms with Crippen LogP contribution >= 0.6 is 22.7 Å². The maximum atomic E-state index is 5.87. The molecule has 1 aromatic carbocycles. The van der Waals surface area contributed by atoms with Crippen LogP contribution in [0.25, 0.3) is 0 Å². The Balaban J connectivity index is 1.55. The number of ether oxygens (including phenoxy) is 2. The summed E-state index contributed by atoms with van der Waals surface area (Å²) in [5, 5.41) is 8.79. The Hall–Kier alpha value is -1.89. The lowest BCUT2D eigenvalue weighted by molar-refractivity contribution is 0.287. The van der Waals surface area contributed by atoms with Gasteiger partial charge < -0.3 is 14.8 Å². The molecule has 0 aliphatic heterocycles. The van der Waals surface area contributed by atoms with Gasteiger partial charge in [-0.05, 0) is 35.6 Å². The van der Waals surface area contributed by atoms with Crippen molar-refractivity contribution in [2.45, 2.75) is 33.0 Å². The van der Waals surface area contributed by atoms with E-state index in [4.69, 9.17) is 9.47 Å². The zero-order chi connectivity index (χ0) is 17.5. The van der Waals surface area contributed by atoms with Crippen molar-refractivity contribution in [1.82, 2.24) is 10.3 Å². The van der Waals surface area contributed by atoms with Gasteiger partial charge in [0.1, 0.15) is 6.61 Å². The summed E-state index contributed by atoms with van der Waals surface area (Å²) >= 11 is 3.41. The number of rotatable bonds is 9. The normalized spacial score (nSPS) is 10.8. The Morgan fingerprint density at radius 1 is 1.12 bits per heavy atom. The van der Waals surface area contributed by atoms with Gasteiger partial charge in [-0.2, -0.15) is 0 Å². The van der Waals surface area contributed by atoms with E-state index in [0.29, 0.717) is 6.61 Å². The van der Waals surface area contributed by atoms with Gasteiger partial charge in [-0.15, -0.1) is 22.7 Å². The summed E-state index contributed by atoms with van der Waals surface area (Å²) in [5.74, 6) is 1.53. The molecule has 0 aliphatic rings. The van der Waals surface area contributed by atoms with E-state index in [1.807, 2.05) is 18.2 Å². The van der Waals surface area contributed by atoms with Crippen LogP contribution in [0.2, 0.25) is 0 Å². The predicted octanol–water partition coefficient (Wildman–Crippen LogP) is 4.64. The number of aromatic nitrogens is 1. The van der Waals surface area contributed by atoms with Crippen molar-refractivity contribution in [3.63, 3.8) is 0 Å². The first-order valence-corrected chi connectivity index (χ1v) is 10.0. The van der Waals surface area contributed by atoms with Crippen molar-refractivity contribution in [2.75, 3.05) is 7.11 Å². The number of aryl methyl sites for hydroxylation is 1. The second-order valence-corrected chi connectivity index (χ2v) is 7.52. The molecule has 0 fully saturated rings. The fourth-order valence-corrected chi connectivity index (χ4v) is 3.77. The molecule has 6 heteroatoms. The molecular weight excluding hydrogens is 352 g/mol. The zero-order valence-electron chi connectivity index (χ0n) is 14.5. The van der Waals surface area contributed by atoms with E-state index in [2.05, 4.69) is 40.1 Å². The number of methoxy groups -OCH3 is 1. The topological polar surface area (TPSA) is 43.4 Å². The molecule has 0 bridgehead atoms. The number of thiazole rings is 1. The predicted molar refractivity (Wildman–Crippen MR) is 104 cm³/mol. The van der Waals surface area contributed by atoms with Crippen LogP contribution in [-0.2, 0) is 26.1 Å². The van der Waals surface area contributed by atoms with Gasteiger partial charge >= 0.3 is 0 Å². The van der Waals surface area contributed by atoms with Gasteiger partial charge in [0.2, 0.25) is 0 Å². The summed E-state index contributed by atoms with van der Waals surface area (Å²) < 4.78 is 11.4. The molecule has 2 aromatic heterocycles. The van der Waals surface area contributed by atoms with Gasteiger partial charge in [0, 0.05) is 23.3 Å². The van der Waals surface area contributed by atoms with E-state index in [9.17, 15) is 0 Å². The number of nitrogens with one attached hydrogen (secondary N) is 1. The van der Waals surface area contributed by atoms with Crippen molar-refractivity contribution in [3.8, 4) is 11.5 Å². The van der Waals surface area contributed by atoms with Gasteiger partial charge in [0.25, 0.3) is 0 Å². The van der Waals surface area contributed by atoms with Crippen LogP contribution in [0.4, 0.5) is 0 Å². The van der Waals surface area contributed by atoms with Crippen LogP contribution in [0.5, 0.6) is 11.5 Å². The lowest BCUT2D eigenvalue weighted by Gasteiger charge is -2.12. The van der Waals surface area contributed by atoms with E-state index < -0.39 is 0 Å². The first-order valence-electron chi connectivity index (χ1n) is 8.24. The highest BCUT2D eigenvalue weighted by Crippen LogP contribution is 2.29. The Morgan fingerprint density at radius 2 is 2.04 bits per heavy atom. The molecule has 132 valence electrons. The molecule has 4 nitrogen and oxygen atoms in total. The number of hydrogen-bond acceptors (Lipinski definition) is 6. The molecule has 0 saturated heterocycles. The van der Waals surface area contributed by atoms with Crippen LogP contribution in [0.3, 0.4) is 0 Å². The number of thiophene rings is 1. The second-order valence-electron chi connectivity index (χ2n) is 5.54. The van der Waals surface area contributed by atoms with Gasteiger partial charge in [-0.3, -0.25) is 0 Å². The van der Waals surface area contributed by atoms with Crippen LogP contribution in [0.1, 0.15) is 28.1 Å². The Bertz CT molecular complexity index is 785. The molecule has 0 aliphatic carbocycles. The van der Waals surface area contributed by atoms with E-state index in [0.717, 1.165) is 42.3 Å². The number of nitrogens with zero attached hydrogens (tertiary/aromatic N) is 1. The molecule has 2 heterocycles. The maximum absolute atomic E-state index is 5.87. The molecule has 3 rings (SSSR count). The molecule has 0 unspecified atom stereocenters. The Kier molecular flexibility index (Phi) is 6.44. The van der Waals surface area contributed by atoms with Crippen molar-refractivity contribution in [2.24, 2.45) is 0 Å². The smallest absolute Gasteiger partial charge is 0.161 e. The summed E-state index contributed by atoms with van der Waals surface area (Å²) in [4.78, 5) is 5.77. The minimum Gasteiger partial charge on any atom is -0.493 e. The lowest BCUT2D eigenvalue weighted by atomic mass is 10.2. The maximum Gasteiger partial charge on any atom is 0.161 e. The third kappa shape index (κ3) is 5.04. The number of benzene rings is 1. The van der Waals surface area contributed by atoms with E-state index >= 15 is 0 Å². The molecule has 3 aromatic rings. The summed E-state index contributed by atoms with van der Waals surface area (Å²) in [6.45, 7) is 4.23. The fourth-order valence-electron chi connectivity index (χ4n) is 2.41. The van der Waals surface area contributed by atoms with Crippen LogP contribution in [-0.4, -0.2) is 12.1 Å². The molecular formula is C19H22N2O2S2. The van der Waals surface area contributed by atoms with Crippen molar-refractivity contribution < 1.29 is 9.47 Å². The first-order chi connectivity index (χ1) is 12.3. The summed E-state index contributed by atoms with van der Waals surface area (Å²) in [5.41, 5.74) is 2.26. The fraction of sp³-hybridized carbons (Fsp3) is 0.316. The minimum atomic E-state index is 0.565. The van der Waals surface area contributed by atoms with E-state index in [1.165, 1.54) is 9.88 Å². The van der Waals surface area contributed by atoms with Gasteiger partial charge in [-0.25, -0.2) is 4.98 Å². The summed E-state index contributed by atoms with van der Waals surface area (Å²) in [6.07, 6.45) is 0.995. The van der Waals surface area contributed by atoms with E-state index in [-0.39, 0.29) is 0 Å². The minimum absolute atomic E-state index is 0.565. The van der Waals surface area contributed by atoms with Crippen molar-refractivity contribution >= 4 is 22.7 Å². The standard InChI is InChI=1S/C19H22N2O2S2/c1-3-19-21-15(13-25-19)11-20-10-14-6-7-17(18(9-14)22-2)23-12-16-5-4-8-24-16/h4-9,13,20H,3,10-12H2,1-2H3. The number of hydrogen-bond donors (Lipinski definition) is 1. The van der Waals surface area contributed by atoms with Crippen LogP contribution < -0.4 is 14.8 Å². The third-order valence-corrected chi connectivity index (χ3v) is 5.61. The van der Waals surface area contributed by atoms with Gasteiger partial charge in [0.15, 0.2) is 11.5 Å². The molecule has 0 atom stereocenters.